The van der Waals surface area contributed by atoms with Crippen LogP contribution in [0.2, 0.25) is 0 Å². The van der Waals surface area contributed by atoms with Gasteiger partial charge in [0.1, 0.15) is 12.4 Å². The molecule has 3 nitrogen and oxygen atoms in total. The van der Waals surface area contributed by atoms with E-state index in [0.717, 1.165) is 18.7 Å². The molecule has 0 unspecified atom stereocenters. The van der Waals surface area contributed by atoms with E-state index in [2.05, 4.69) is 48.0 Å². The molecule has 0 spiro atoms. The van der Waals surface area contributed by atoms with Crippen molar-refractivity contribution < 1.29 is 4.74 Å². The number of hydrogen-bond donors (Lipinski definition) is 1. The van der Waals surface area contributed by atoms with E-state index >= 15 is 0 Å². The molecule has 0 aliphatic rings. The fraction of sp³-hybridized carbons (Fsp3) is 0.263. The summed E-state index contributed by atoms with van der Waals surface area (Å²) in [4.78, 5) is 0. The summed E-state index contributed by atoms with van der Waals surface area (Å²) in [5.74, 6) is 0.959. The van der Waals surface area contributed by atoms with E-state index in [0.29, 0.717) is 13.2 Å². The van der Waals surface area contributed by atoms with Crippen molar-refractivity contribution in [1.29, 1.82) is 0 Å². The van der Waals surface area contributed by atoms with Crippen molar-refractivity contribution in [3.05, 3.63) is 65.9 Å². The van der Waals surface area contributed by atoms with Crippen molar-refractivity contribution >= 4 is 10.9 Å². The van der Waals surface area contributed by atoms with Crippen LogP contribution in [0.3, 0.4) is 0 Å². The Kier molecular flexibility index (Phi) is 4.45. The third-order valence-electron chi connectivity index (χ3n) is 3.97. The zero-order chi connectivity index (χ0) is 15.4. The zero-order valence-electron chi connectivity index (χ0n) is 13.0. The lowest BCUT2D eigenvalue weighted by atomic mass is 10.1. The third kappa shape index (κ3) is 3.00. The van der Waals surface area contributed by atoms with Crippen molar-refractivity contribution in [2.24, 2.45) is 5.73 Å². The van der Waals surface area contributed by atoms with Crippen molar-refractivity contribution in [3.63, 3.8) is 0 Å². The first-order chi connectivity index (χ1) is 10.8. The smallest absolute Gasteiger partial charge is 0.122 e. The predicted octanol–water partition coefficient (Wildman–Crippen LogP) is 3.53. The molecule has 0 radical (unpaired) electrons. The van der Waals surface area contributed by atoms with Crippen molar-refractivity contribution in [2.75, 3.05) is 13.2 Å². The number of aromatic nitrogens is 1. The average Bonchev–Trinajstić information content (AvgIpc) is 2.88. The van der Waals surface area contributed by atoms with Crippen LogP contribution in [0.25, 0.3) is 10.9 Å². The Morgan fingerprint density at radius 3 is 2.64 bits per heavy atom. The highest BCUT2D eigenvalue weighted by Gasteiger charge is 2.07. The molecule has 1 heterocycles. The maximum Gasteiger partial charge on any atom is 0.122 e. The van der Waals surface area contributed by atoms with Gasteiger partial charge in [0.15, 0.2) is 0 Å². The predicted molar refractivity (Wildman–Crippen MR) is 91.4 cm³/mol. The summed E-state index contributed by atoms with van der Waals surface area (Å²) in [7, 11) is 0. The summed E-state index contributed by atoms with van der Waals surface area (Å²) in [6.07, 6.45) is 3.12. The second-order valence-corrected chi connectivity index (χ2v) is 5.52. The van der Waals surface area contributed by atoms with E-state index in [4.69, 9.17) is 10.5 Å². The van der Waals surface area contributed by atoms with Crippen LogP contribution in [0.5, 0.6) is 5.75 Å². The van der Waals surface area contributed by atoms with E-state index in [1.54, 1.807) is 0 Å². The Labute approximate surface area is 131 Å². The van der Waals surface area contributed by atoms with E-state index in [-0.39, 0.29) is 0 Å². The maximum absolute atomic E-state index is 5.91. The topological polar surface area (TPSA) is 40.2 Å². The van der Waals surface area contributed by atoms with Gasteiger partial charge in [-0.1, -0.05) is 36.4 Å². The first kappa shape index (κ1) is 14.7. The summed E-state index contributed by atoms with van der Waals surface area (Å²) >= 11 is 0. The number of hydrogen-bond acceptors (Lipinski definition) is 2. The van der Waals surface area contributed by atoms with Gasteiger partial charge in [-0.05, 0) is 43.1 Å². The standard InChI is InChI=1S/C19H22N2O/c1-15-6-2-5-9-19(15)22-13-12-21-14-16(10-11-20)17-7-3-4-8-18(17)21/h2-9,14H,10-13,20H2,1H3. The lowest BCUT2D eigenvalue weighted by molar-refractivity contribution is 0.298. The van der Waals surface area contributed by atoms with E-state index in [1.165, 1.54) is 22.0 Å². The number of ether oxygens (including phenoxy) is 1. The molecular weight excluding hydrogens is 272 g/mol. The molecule has 2 N–H and O–H groups in total. The van der Waals surface area contributed by atoms with Gasteiger partial charge < -0.3 is 15.0 Å². The van der Waals surface area contributed by atoms with Gasteiger partial charge in [-0.25, -0.2) is 0 Å². The average molecular weight is 294 g/mol. The molecule has 0 fully saturated rings. The van der Waals surface area contributed by atoms with Gasteiger partial charge in [0, 0.05) is 17.1 Å². The van der Waals surface area contributed by atoms with Gasteiger partial charge in [0.05, 0.1) is 6.54 Å². The summed E-state index contributed by atoms with van der Waals surface area (Å²) in [5.41, 5.74) is 9.45. The number of benzene rings is 2. The molecule has 3 rings (SSSR count). The van der Waals surface area contributed by atoms with Gasteiger partial charge >= 0.3 is 0 Å². The summed E-state index contributed by atoms with van der Waals surface area (Å²) in [6.45, 7) is 4.23. The number of nitrogens with zero attached hydrogens (tertiary/aromatic N) is 1. The van der Waals surface area contributed by atoms with Crippen LogP contribution in [-0.4, -0.2) is 17.7 Å². The molecule has 1 aromatic heterocycles. The molecule has 0 aliphatic carbocycles. The molecule has 0 saturated carbocycles. The van der Waals surface area contributed by atoms with Crippen molar-refractivity contribution in [1.82, 2.24) is 4.57 Å². The summed E-state index contributed by atoms with van der Waals surface area (Å²) < 4.78 is 8.18. The molecule has 0 saturated heterocycles. The number of rotatable bonds is 6. The highest BCUT2D eigenvalue weighted by atomic mass is 16.5. The SMILES string of the molecule is Cc1ccccc1OCCn1cc(CCN)c2ccccc21. The maximum atomic E-state index is 5.91. The molecule has 22 heavy (non-hydrogen) atoms. The van der Waals surface area contributed by atoms with Gasteiger partial charge in [-0.2, -0.15) is 0 Å². The summed E-state index contributed by atoms with van der Waals surface area (Å²) in [5, 5.41) is 1.30. The second kappa shape index (κ2) is 6.67. The molecular formula is C19H22N2O. The van der Waals surface area contributed by atoms with E-state index in [1.807, 2.05) is 18.2 Å². The highest BCUT2D eigenvalue weighted by Crippen LogP contribution is 2.22. The quantitative estimate of drug-likeness (QED) is 0.755. The van der Waals surface area contributed by atoms with Crippen LogP contribution in [0.4, 0.5) is 0 Å². The van der Waals surface area contributed by atoms with Crippen LogP contribution < -0.4 is 10.5 Å². The molecule has 3 heteroatoms. The zero-order valence-corrected chi connectivity index (χ0v) is 13.0. The van der Waals surface area contributed by atoms with Gasteiger partial charge in [0.2, 0.25) is 0 Å². The Morgan fingerprint density at radius 2 is 1.82 bits per heavy atom. The van der Waals surface area contributed by atoms with Crippen LogP contribution in [0, 0.1) is 6.92 Å². The normalized spacial score (nSPS) is 11.0. The fourth-order valence-corrected chi connectivity index (χ4v) is 2.83. The van der Waals surface area contributed by atoms with Crippen LogP contribution in [0.1, 0.15) is 11.1 Å². The fourth-order valence-electron chi connectivity index (χ4n) is 2.83. The first-order valence-corrected chi connectivity index (χ1v) is 7.75. The molecule has 114 valence electrons. The lowest BCUT2D eigenvalue weighted by Gasteiger charge is -2.10. The molecule has 0 amide bonds. The lowest BCUT2D eigenvalue weighted by Crippen LogP contribution is -2.08. The Morgan fingerprint density at radius 1 is 1.05 bits per heavy atom. The minimum Gasteiger partial charge on any atom is -0.491 e. The third-order valence-corrected chi connectivity index (χ3v) is 3.97. The van der Waals surface area contributed by atoms with Crippen LogP contribution in [0.15, 0.2) is 54.7 Å². The number of fused-ring (bicyclic) bond motifs is 1. The van der Waals surface area contributed by atoms with Gasteiger partial charge in [0.25, 0.3) is 0 Å². The van der Waals surface area contributed by atoms with Crippen molar-refractivity contribution in [3.8, 4) is 5.75 Å². The largest absolute Gasteiger partial charge is 0.491 e. The monoisotopic (exact) mass is 294 g/mol. The molecule has 0 aliphatic heterocycles. The van der Waals surface area contributed by atoms with Crippen LogP contribution >= 0.6 is 0 Å². The minimum atomic E-state index is 0.658. The second-order valence-electron chi connectivity index (χ2n) is 5.52. The number of para-hydroxylation sites is 2. The Balaban J connectivity index is 1.75. The van der Waals surface area contributed by atoms with E-state index < -0.39 is 0 Å². The number of aryl methyl sites for hydroxylation is 1. The van der Waals surface area contributed by atoms with Crippen LogP contribution in [-0.2, 0) is 13.0 Å². The van der Waals surface area contributed by atoms with Gasteiger partial charge in [-0.3, -0.25) is 0 Å². The van der Waals surface area contributed by atoms with E-state index in [9.17, 15) is 0 Å². The highest BCUT2D eigenvalue weighted by molar-refractivity contribution is 5.84. The minimum absolute atomic E-state index is 0.658. The number of nitrogens with two attached hydrogens (primary N) is 1. The molecule has 3 aromatic rings. The Hall–Kier alpha value is -2.26. The Bertz CT molecular complexity index is 761. The molecule has 0 atom stereocenters. The van der Waals surface area contributed by atoms with Gasteiger partial charge in [-0.15, -0.1) is 0 Å². The molecule has 0 bridgehead atoms. The van der Waals surface area contributed by atoms with Crippen molar-refractivity contribution in [2.45, 2.75) is 19.9 Å². The summed E-state index contributed by atoms with van der Waals surface area (Å²) in [6, 6.07) is 16.6. The first-order valence-electron chi connectivity index (χ1n) is 7.75. The molecule has 2 aromatic carbocycles.